The van der Waals surface area contributed by atoms with E-state index >= 15 is 0 Å². The van der Waals surface area contributed by atoms with Gasteiger partial charge in [-0.25, -0.2) is 0 Å². The number of anilines is 1. The van der Waals surface area contributed by atoms with Crippen molar-refractivity contribution in [2.75, 3.05) is 18.4 Å². The lowest BCUT2D eigenvalue weighted by molar-refractivity contribution is -0.118. The summed E-state index contributed by atoms with van der Waals surface area (Å²) in [6, 6.07) is 17.7. The van der Waals surface area contributed by atoms with Crippen LogP contribution in [0.4, 0.5) is 5.69 Å². The van der Waals surface area contributed by atoms with Gasteiger partial charge in [0.2, 0.25) is 5.91 Å². The van der Waals surface area contributed by atoms with Gasteiger partial charge in [0.15, 0.2) is 5.75 Å². The molecule has 4 heteroatoms. The lowest BCUT2D eigenvalue weighted by Crippen LogP contribution is -2.43. The van der Waals surface area contributed by atoms with Crippen LogP contribution >= 0.6 is 0 Å². The number of piperidine rings is 1. The van der Waals surface area contributed by atoms with E-state index in [9.17, 15) is 4.79 Å². The third-order valence-corrected chi connectivity index (χ3v) is 4.70. The number of hydrogen-bond acceptors (Lipinski definition) is 3. The molecule has 2 aromatic carbocycles. The number of hydrogen-bond donors (Lipinski definition) is 1. The Kier molecular flexibility index (Phi) is 6.07. The number of para-hydroxylation sites is 3. The molecule has 1 saturated heterocycles. The Balaban J connectivity index is 1.65. The molecule has 1 N–H and O–H groups in total. The maximum Gasteiger partial charge on any atom is 0.238 e. The fourth-order valence-electron chi connectivity index (χ4n) is 3.38. The van der Waals surface area contributed by atoms with Crippen LogP contribution in [0, 0.1) is 0 Å². The number of carbonyl (C=O) groups excluding carboxylic acids is 1. The van der Waals surface area contributed by atoms with Crippen LogP contribution in [0.1, 0.15) is 32.6 Å². The van der Waals surface area contributed by atoms with Crippen molar-refractivity contribution in [1.29, 1.82) is 0 Å². The van der Waals surface area contributed by atoms with Gasteiger partial charge in [-0.15, -0.1) is 0 Å². The van der Waals surface area contributed by atoms with E-state index in [0.717, 1.165) is 18.7 Å². The van der Waals surface area contributed by atoms with Crippen LogP contribution in [0.3, 0.4) is 0 Å². The summed E-state index contributed by atoms with van der Waals surface area (Å²) >= 11 is 0. The smallest absolute Gasteiger partial charge is 0.238 e. The van der Waals surface area contributed by atoms with Crippen LogP contribution in [0.2, 0.25) is 0 Å². The van der Waals surface area contributed by atoms with Gasteiger partial charge in [-0.3, -0.25) is 9.69 Å². The van der Waals surface area contributed by atoms with Crippen LogP contribution < -0.4 is 10.1 Å². The van der Waals surface area contributed by atoms with E-state index in [2.05, 4.69) is 17.1 Å². The fourth-order valence-corrected chi connectivity index (χ4v) is 3.38. The molecule has 1 amide bonds. The third kappa shape index (κ3) is 4.83. The van der Waals surface area contributed by atoms with Crippen molar-refractivity contribution < 1.29 is 9.53 Å². The number of rotatable bonds is 6. The van der Waals surface area contributed by atoms with Crippen molar-refractivity contribution in [2.45, 2.75) is 38.6 Å². The molecule has 0 spiro atoms. The molecule has 0 aromatic heterocycles. The molecule has 25 heavy (non-hydrogen) atoms. The topological polar surface area (TPSA) is 41.6 Å². The van der Waals surface area contributed by atoms with Crippen molar-refractivity contribution in [3.8, 4) is 11.5 Å². The Morgan fingerprint density at radius 1 is 1.12 bits per heavy atom. The lowest BCUT2D eigenvalue weighted by Gasteiger charge is -2.34. The van der Waals surface area contributed by atoms with Gasteiger partial charge in [0.25, 0.3) is 0 Å². The van der Waals surface area contributed by atoms with Crippen LogP contribution in [0.15, 0.2) is 54.6 Å². The predicted octanol–water partition coefficient (Wildman–Crippen LogP) is 4.68. The molecular formula is C21H26N2O2. The molecular weight excluding hydrogens is 312 g/mol. The highest BCUT2D eigenvalue weighted by Gasteiger charge is 2.23. The van der Waals surface area contributed by atoms with E-state index in [-0.39, 0.29) is 5.91 Å². The fraction of sp³-hybridized carbons (Fsp3) is 0.381. The average molecular weight is 338 g/mol. The normalized spacial score (nSPS) is 17.9. The van der Waals surface area contributed by atoms with Crippen molar-refractivity contribution in [3.63, 3.8) is 0 Å². The summed E-state index contributed by atoms with van der Waals surface area (Å²) in [4.78, 5) is 14.8. The van der Waals surface area contributed by atoms with Gasteiger partial charge in [-0.05, 0) is 50.1 Å². The summed E-state index contributed by atoms with van der Waals surface area (Å²) < 4.78 is 5.91. The molecule has 1 aliphatic rings. The first kappa shape index (κ1) is 17.5. The van der Waals surface area contributed by atoms with Crippen LogP contribution in [-0.4, -0.2) is 29.9 Å². The molecule has 0 bridgehead atoms. The number of amides is 1. The van der Waals surface area contributed by atoms with Gasteiger partial charge in [-0.2, -0.15) is 0 Å². The average Bonchev–Trinajstić information content (AvgIpc) is 2.64. The highest BCUT2D eigenvalue weighted by Crippen LogP contribution is 2.29. The second-order valence-corrected chi connectivity index (χ2v) is 6.49. The molecule has 3 rings (SSSR count). The summed E-state index contributed by atoms with van der Waals surface area (Å²) in [5, 5.41) is 3.02. The first-order valence-electron chi connectivity index (χ1n) is 9.12. The molecule has 1 fully saturated rings. The van der Waals surface area contributed by atoms with Crippen LogP contribution in [0.5, 0.6) is 11.5 Å². The van der Waals surface area contributed by atoms with Crippen molar-refractivity contribution in [1.82, 2.24) is 4.90 Å². The quantitative estimate of drug-likeness (QED) is 0.831. The third-order valence-electron chi connectivity index (χ3n) is 4.70. The van der Waals surface area contributed by atoms with Crippen molar-refractivity contribution in [3.05, 3.63) is 54.6 Å². The first-order chi connectivity index (χ1) is 12.3. The lowest BCUT2D eigenvalue weighted by atomic mass is 10.00. The Hall–Kier alpha value is -2.33. The monoisotopic (exact) mass is 338 g/mol. The number of nitrogens with one attached hydrogen (secondary N) is 1. The Morgan fingerprint density at radius 3 is 2.68 bits per heavy atom. The minimum Gasteiger partial charge on any atom is -0.455 e. The minimum absolute atomic E-state index is 0.0180. The molecule has 1 unspecified atom stereocenters. The highest BCUT2D eigenvalue weighted by molar-refractivity contribution is 5.93. The van der Waals surface area contributed by atoms with Crippen LogP contribution in [0.25, 0.3) is 0 Å². The summed E-state index contributed by atoms with van der Waals surface area (Å²) in [5.74, 6) is 1.43. The number of ether oxygens (including phenoxy) is 1. The molecule has 2 aromatic rings. The zero-order valence-electron chi connectivity index (χ0n) is 14.8. The van der Waals surface area contributed by atoms with E-state index in [1.165, 1.54) is 19.3 Å². The van der Waals surface area contributed by atoms with Crippen molar-refractivity contribution in [2.24, 2.45) is 0 Å². The van der Waals surface area contributed by atoms with E-state index in [1.807, 2.05) is 54.6 Å². The number of likely N-dealkylation sites (tertiary alicyclic amines) is 1. The summed E-state index contributed by atoms with van der Waals surface area (Å²) in [6.45, 7) is 3.65. The van der Waals surface area contributed by atoms with E-state index in [1.54, 1.807) is 0 Å². The highest BCUT2D eigenvalue weighted by atomic mass is 16.5. The largest absolute Gasteiger partial charge is 0.455 e. The maximum atomic E-state index is 12.5. The molecule has 132 valence electrons. The second-order valence-electron chi connectivity index (χ2n) is 6.49. The Bertz CT molecular complexity index is 687. The van der Waals surface area contributed by atoms with Gasteiger partial charge in [-0.1, -0.05) is 43.7 Å². The molecule has 0 aliphatic carbocycles. The second kappa shape index (κ2) is 8.67. The molecule has 4 nitrogen and oxygen atoms in total. The van der Waals surface area contributed by atoms with E-state index < -0.39 is 0 Å². The molecule has 0 saturated carbocycles. The molecule has 0 radical (unpaired) electrons. The maximum absolute atomic E-state index is 12.5. The van der Waals surface area contributed by atoms with Gasteiger partial charge in [0.05, 0.1) is 12.2 Å². The SMILES string of the molecule is CCC1CCCCN1CC(=O)Nc1ccccc1Oc1ccccc1. The molecule has 1 aliphatic heterocycles. The first-order valence-corrected chi connectivity index (χ1v) is 9.12. The summed E-state index contributed by atoms with van der Waals surface area (Å²) in [5.41, 5.74) is 0.710. The van der Waals surface area contributed by atoms with Gasteiger partial charge < -0.3 is 10.1 Å². The van der Waals surface area contributed by atoms with E-state index in [0.29, 0.717) is 24.0 Å². The van der Waals surface area contributed by atoms with E-state index in [4.69, 9.17) is 4.74 Å². The Labute approximate surface area is 149 Å². The van der Waals surface area contributed by atoms with Gasteiger partial charge in [0.1, 0.15) is 5.75 Å². The predicted molar refractivity (Wildman–Crippen MR) is 101 cm³/mol. The minimum atomic E-state index is 0.0180. The van der Waals surface area contributed by atoms with Crippen molar-refractivity contribution >= 4 is 11.6 Å². The summed E-state index contributed by atoms with van der Waals surface area (Å²) in [6.07, 6.45) is 4.74. The number of benzene rings is 2. The molecule has 1 heterocycles. The Morgan fingerprint density at radius 2 is 1.88 bits per heavy atom. The zero-order chi connectivity index (χ0) is 17.5. The standard InChI is InChI=1S/C21H26N2O2/c1-2-17-10-8-9-15-23(17)16-21(24)22-19-13-6-7-14-20(19)25-18-11-4-3-5-12-18/h3-7,11-14,17H,2,8-10,15-16H2,1H3,(H,22,24). The summed E-state index contributed by atoms with van der Waals surface area (Å²) in [7, 11) is 0. The molecule has 1 atom stereocenters. The van der Waals surface area contributed by atoms with Gasteiger partial charge in [0, 0.05) is 6.04 Å². The number of carbonyl (C=O) groups is 1. The number of nitrogens with zero attached hydrogens (tertiary/aromatic N) is 1. The zero-order valence-corrected chi connectivity index (χ0v) is 14.8. The van der Waals surface area contributed by atoms with Crippen LogP contribution in [-0.2, 0) is 4.79 Å². The van der Waals surface area contributed by atoms with Gasteiger partial charge >= 0.3 is 0 Å².